The number of hydroxylamine groups is 1. The molecular formula is C24H32N4O7S. The second-order valence-electron chi connectivity index (χ2n) is 7.31. The van der Waals surface area contributed by atoms with Gasteiger partial charge in [-0.05, 0) is 62.6 Å². The molecule has 1 aromatic carbocycles. The number of carboxylic acid groups (broad SMARTS) is 1. The molecule has 0 radical (unpaired) electrons. The van der Waals surface area contributed by atoms with E-state index in [0.29, 0.717) is 42.1 Å². The van der Waals surface area contributed by atoms with Gasteiger partial charge < -0.3 is 25.5 Å². The largest absolute Gasteiger partial charge is 0.481 e. The predicted molar refractivity (Wildman–Crippen MR) is 134 cm³/mol. The minimum Gasteiger partial charge on any atom is -0.481 e. The summed E-state index contributed by atoms with van der Waals surface area (Å²) in [4.78, 5) is 33.7. The van der Waals surface area contributed by atoms with E-state index in [9.17, 15) is 18.6 Å². The molecule has 0 aliphatic rings. The number of aromatic carboxylic acids is 1. The lowest BCUT2D eigenvalue weighted by atomic mass is 10.2. The molecule has 2 amide bonds. The standard InChI is InChI=1S/C18H25N3O5S.C6H7NO2/c1-2-3-12-26-14-7-9-15(10-8-14)27(25)16(18(23)21-24)6-4-5-11-20-17(22)13-19;1-7-4-2-3-5(7)6(8)9/h7-10,16,24H,4-6,11-13,19H2,1H3,(H,20,22)(H,21,23);2-4H,1H3,(H,8,9). The number of hydrogen-bond donors (Lipinski definition) is 5. The van der Waals surface area contributed by atoms with Gasteiger partial charge in [0.05, 0.1) is 17.3 Å². The van der Waals surface area contributed by atoms with Crippen LogP contribution in [0.25, 0.3) is 0 Å². The number of carbonyl (C=O) groups excluding carboxylic acids is 2. The van der Waals surface area contributed by atoms with E-state index in [1.165, 1.54) is 0 Å². The Morgan fingerprint density at radius 2 is 1.89 bits per heavy atom. The lowest BCUT2D eigenvalue weighted by Gasteiger charge is -2.15. The number of unbranched alkanes of at least 4 members (excludes halogenated alkanes) is 1. The van der Waals surface area contributed by atoms with Gasteiger partial charge >= 0.3 is 5.97 Å². The Kier molecular flexibility index (Phi) is 14.2. The zero-order valence-corrected chi connectivity index (χ0v) is 21.0. The lowest BCUT2D eigenvalue weighted by molar-refractivity contribution is -0.128. The van der Waals surface area contributed by atoms with E-state index in [0.717, 1.165) is 0 Å². The quantitative estimate of drug-likeness (QED) is 0.119. The highest BCUT2D eigenvalue weighted by molar-refractivity contribution is 7.86. The first kappa shape index (κ1) is 30.4. The summed E-state index contributed by atoms with van der Waals surface area (Å²) in [5.41, 5.74) is 7.08. The number of nitrogens with zero attached hydrogens (tertiary/aromatic N) is 1. The first-order valence-electron chi connectivity index (χ1n) is 11.0. The van der Waals surface area contributed by atoms with Gasteiger partial charge in [0.15, 0.2) is 0 Å². The molecule has 11 nitrogen and oxygen atoms in total. The van der Waals surface area contributed by atoms with Crippen LogP contribution in [0.2, 0.25) is 0 Å². The minimum atomic E-state index is -1.65. The molecule has 0 bridgehead atoms. The number of ether oxygens (including phenoxy) is 1. The Balaban J connectivity index is 0.000000600. The van der Waals surface area contributed by atoms with E-state index >= 15 is 0 Å². The summed E-state index contributed by atoms with van der Waals surface area (Å²) in [5.74, 6) is 4.22. The number of nitrogens with two attached hydrogens (primary N) is 1. The van der Waals surface area contributed by atoms with Crippen LogP contribution in [0, 0.1) is 11.8 Å². The van der Waals surface area contributed by atoms with Crippen LogP contribution >= 0.6 is 0 Å². The van der Waals surface area contributed by atoms with Gasteiger partial charge in [0.2, 0.25) is 5.91 Å². The van der Waals surface area contributed by atoms with E-state index in [1.54, 1.807) is 66.6 Å². The predicted octanol–water partition coefficient (Wildman–Crippen LogP) is 1.04. The summed E-state index contributed by atoms with van der Waals surface area (Å²) < 4.78 is 19.7. The van der Waals surface area contributed by atoms with Crippen molar-refractivity contribution < 1.29 is 33.6 Å². The molecule has 196 valence electrons. The second kappa shape index (κ2) is 16.9. The molecule has 1 heterocycles. The van der Waals surface area contributed by atoms with Crippen molar-refractivity contribution in [2.45, 2.75) is 36.3 Å². The van der Waals surface area contributed by atoms with Crippen molar-refractivity contribution in [1.29, 1.82) is 0 Å². The van der Waals surface area contributed by atoms with E-state index < -0.39 is 27.9 Å². The van der Waals surface area contributed by atoms with Crippen molar-refractivity contribution in [2.24, 2.45) is 12.8 Å². The SMILES string of the molecule is CC#CCOc1ccc(S(=O)C(CCCCNC(=O)CN)C(=O)NO)cc1.Cn1cccc1C(=O)O. The van der Waals surface area contributed by atoms with Crippen molar-refractivity contribution in [3.8, 4) is 17.6 Å². The Bertz CT molecular complexity index is 1070. The summed E-state index contributed by atoms with van der Waals surface area (Å²) >= 11 is 0. The maximum absolute atomic E-state index is 12.7. The molecule has 0 spiro atoms. The average Bonchev–Trinajstić information content (AvgIpc) is 3.32. The van der Waals surface area contributed by atoms with Crippen LogP contribution in [0.4, 0.5) is 0 Å². The normalized spacial score (nSPS) is 11.6. The maximum atomic E-state index is 12.7. The maximum Gasteiger partial charge on any atom is 0.352 e. The third-order valence-corrected chi connectivity index (χ3v) is 6.47. The highest BCUT2D eigenvalue weighted by atomic mass is 32.2. The average molecular weight is 521 g/mol. The number of amides is 2. The topological polar surface area (TPSA) is 173 Å². The third kappa shape index (κ3) is 10.7. The Morgan fingerprint density at radius 3 is 2.39 bits per heavy atom. The summed E-state index contributed by atoms with van der Waals surface area (Å²) in [6.07, 6.45) is 3.14. The van der Waals surface area contributed by atoms with E-state index in [-0.39, 0.29) is 19.1 Å². The molecule has 0 saturated carbocycles. The van der Waals surface area contributed by atoms with Gasteiger partial charge in [-0.15, -0.1) is 5.92 Å². The highest BCUT2D eigenvalue weighted by Gasteiger charge is 2.25. The van der Waals surface area contributed by atoms with Gasteiger partial charge in [0.1, 0.15) is 23.3 Å². The molecule has 12 heteroatoms. The lowest BCUT2D eigenvalue weighted by Crippen LogP contribution is -2.36. The highest BCUT2D eigenvalue weighted by Crippen LogP contribution is 2.20. The van der Waals surface area contributed by atoms with E-state index in [1.807, 2.05) is 0 Å². The van der Waals surface area contributed by atoms with Gasteiger partial charge in [-0.2, -0.15) is 0 Å². The first-order chi connectivity index (χ1) is 17.2. The molecule has 2 aromatic rings. The number of rotatable bonds is 12. The van der Waals surface area contributed by atoms with Crippen molar-refractivity contribution >= 4 is 28.6 Å². The monoisotopic (exact) mass is 520 g/mol. The fourth-order valence-corrected chi connectivity index (χ4v) is 4.23. The van der Waals surface area contributed by atoms with Crippen LogP contribution < -0.4 is 21.3 Å². The van der Waals surface area contributed by atoms with Crippen molar-refractivity contribution in [3.05, 3.63) is 48.3 Å². The number of aryl methyl sites for hydroxylation is 1. The van der Waals surface area contributed by atoms with Crippen molar-refractivity contribution in [2.75, 3.05) is 19.7 Å². The van der Waals surface area contributed by atoms with E-state index in [4.69, 9.17) is 20.8 Å². The Morgan fingerprint density at radius 1 is 1.19 bits per heavy atom. The number of carboxylic acids is 1. The van der Waals surface area contributed by atoms with Gasteiger partial charge in [0.25, 0.3) is 5.91 Å². The van der Waals surface area contributed by atoms with Crippen molar-refractivity contribution in [3.63, 3.8) is 0 Å². The summed E-state index contributed by atoms with van der Waals surface area (Å²) in [6, 6.07) is 9.79. The number of nitrogens with one attached hydrogen (secondary N) is 2. The molecule has 0 saturated heterocycles. The van der Waals surface area contributed by atoms with Gasteiger partial charge in [-0.25, -0.2) is 10.3 Å². The zero-order chi connectivity index (χ0) is 26.9. The van der Waals surface area contributed by atoms with Crippen molar-refractivity contribution in [1.82, 2.24) is 15.4 Å². The summed E-state index contributed by atoms with van der Waals surface area (Å²) in [6.45, 7) is 2.32. The van der Waals surface area contributed by atoms with Crippen LogP contribution in [0.1, 0.15) is 36.7 Å². The van der Waals surface area contributed by atoms with Gasteiger partial charge in [-0.1, -0.05) is 5.92 Å². The second-order valence-corrected chi connectivity index (χ2v) is 8.94. The Labute approximate surface area is 212 Å². The number of aromatic nitrogens is 1. The van der Waals surface area contributed by atoms with Crippen LogP contribution in [-0.4, -0.2) is 61.8 Å². The van der Waals surface area contributed by atoms with Crippen LogP contribution in [0.5, 0.6) is 5.75 Å². The van der Waals surface area contributed by atoms with Gasteiger partial charge in [0, 0.05) is 24.7 Å². The summed E-state index contributed by atoms with van der Waals surface area (Å²) in [5, 5.41) is 19.1. The number of benzene rings is 1. The van der Waals surface area contributed by atoms with Gasteiger partial charge in [-0.3, -0.25) is 19.0 Å². The van der Waals surface area contributed by atoms with Crippen LogP contribution in [-0.2, 0) is 27.4 Å². The molecule has 1 aromatic heterocycles. The third-order valence-electron chi connectivity index (χ3n) is 4.77. The smallest absolute Gasteiger partial charge is 0.352 e. The number of hydrogen-bond acceptors (Lipinski definition) is 7. The molecule has 0 aliphatic carbocycles. The molecular weight excluding hydrogens is 488 g/mol. The Hall–Kier alpha value is -3.66. The molecule has 2 unspecified atom stereocenters. The molecule has 6 N–H and O–H groups in total. The fraction of sp³-hybridized carbons (Fsp3) is 0.375. The molecule has 0 aliphatic heterocycles. The first-order valence-corrected chi connectivity index (χ1v) is 12.2. The molecule has 0 fully saturated rings. The minimum absolute atomic E-state index is 0.0791. The summed E-state index contributed by atoms with van der Waals surface area (Å²) in [7, 11) is 0.0524. The molecule has 2 rings (SSSR count). The molecule has 2 atom stereocenters. The number of carbonyl (C=O) groups is 3. The van der Waals surface area contributed by atoms with E-state index in [2.05, 4.69) is 17.2 Å². The zero-order valence-electron chi connectivity index (χ0n) is 20.2. The molecule has 36 heavy (non-hydrogen) atoms. The van der Waals surface area contributed by atoms with Crippen LogP contribution in [0.15, 0.2) is 47.5 Å². The van der Waals surface area contributed by atoms with Crippen LogP contribution in [0.3, 0.4) is 0 Å². The fourth-order valence-electron chi connectivity index (χ4n) is 2.87.